The fraction of sp³-hybridized carbons (Fsp3) is 0.471. The number of aliphatic hydroxyl groups excluding tert-OH is 6. The standard InChI is InChI=1S/C13H19NO3.C13H18O3.C11H17N.C10H15NO2.C4H8O.H7P5.H6P4/c1-10(17)6-14(2)7-11-3-12(8-15)5-13(4-11)9-16;1-10(16)3-2-4-11-5-12(8-14)7-13(6-11)9-15;1-3-9-5-10(4-2)7-11(6-9)8-12;1-11-5-8-2-9(6-12)4-10(3-8)7-13;1-3-4(2)5;1-4-5(2)3;1-4(2)3/h3-5,15-16H,6-9H2,1-2H3;5-7,14-15H,2-4,8-9H2,1H3;5-7H,3-4,8,12H2,1-2H3;2-4,11-13H,5-7H2,1H3;3H2,1-2H3;4H,1-3H2;1-3H2. The van der Waals surface area contributed by atoms with Crippen molar-refractivity contribution in [2.45, 2.75) is 139 Å². The summed E-state index contributed by atoms with van der Waals surface area (Å²) < 4.78 is 0. The molecule has 0 aromatic heterocycles. The molecule has 0 aliphatic carbocycles. The van der Waals surface area contributed by atoms with E-state index in [0.717, 1.165) is 90.3 Å². The Balaban J connectivity index is -0.000000813. The van der Waals surface area contributed by atoms with Crippen LogP contribution in [-0.2, 0) is 92.9 Å². The first kappa shape index (κ1) is 75.6. The lowest BCUT2D eigenvalue weighted by molar-refractivity contribution is -0.118. The molecular formula is C51H90N3O9P9. The SMILES string of the molecule is CC(=O)CCCc1cc(CO)cc(CO)c1.CC(=O)CN(C)Cc1cc(CO)cc(CO)c1.CCC(C)=O.CCc1cc(CC)cc(CN)c1.CNCc1cc(CO)cc(CO)c1.PP(P)P.PPP(P)P. The zero-order valence-electron chi connectivity index (χ0n) is 44.0. The molecule has 9 N–H and O–H groups in total. The molecule has 0 spiro atoms. The van der Waals surface area contributed by atoms with E-state index in [2.05, 4.69) is 90.9 Å². The predicted octanol–water partition coefficient (Wildman–Crippen LogP) is 10.2. The second-order valence-electron chi connectivity index (χ2n) is 16.5. The number of ketones is 3. The Labute approximate surface area is 451 Å². The molecule has 0 saturated heterocycles. The van der Waals surface area contributed by atoms with Crippen LogP contribution in [0.2, 0.25) is 0 Å². The van der Waals surface area contributed by atoms with Crippen LogP contribution in [0.4, 0.5) is 0 Å². The Morgan fingerprint density at radius 1 is 0.556 bits per heavy atom. The monoisotopic (exact) mass is 1170 g/mol. The van der Waals surface area contributed by atoms with Crippen LogP contribution < -0.4 is 11.1 Å². The molecule has 12 nitrogen and oxygen atoms in total. The molecule has 4 aromatic rings. The van der Waals surface area contributed by atoms with Gasteiger partial charge in [-0.25, -0.2) is 0 Å². The van der Waals surface area contributed by atoms with Crippen LogP contribution in [0.25, 0.3) is 0 Å². The Bertz CT molecular complexity index is 1950. The summed E-state index contributed by atoms with van der Waals surface area (Å²) in [5.74, 6) is 0.568. The van der Waals surface area contributed by atoms with Crippen LogP contribution in [0.3, 0.4) is 0 Å². The van der Waals surface area contributed by atoms with Crippen molar-refractivity contribution in [3.63, 3.8) is 0 Å². The maximum Gasteiger partial charge on any atom is 0.143 e. The van der Waals surface area contributed by atoms with Crippen molar-refractivity contribution < 1.29 is 45.0 Å². The van der Waals surface area contributed by atoms with E-state index in [0.29, 0.717) is 32.5 Å². The normalized spacial score (nSPS) is 10.3. The first-order valence-corrected chi connectivity index (χ1v) is 37.9. The van der Waals surface area contributed by atoms with Crippen molar-refractivity contribution in [2.24, 2.45) is 5.73 Å². The van der Waals surface area contributed by atoms with E-state index >= 15 is 0 Å². The van der Waals surface area contributed by atoms with Gasteiger partial charge in [-0.1, -0.05) is 102 Å². The fourth-order valence-electron chi connectivity index (χ4n) is 6.26. The second kappa shape index (κ2) is 48.7. The number of likely N-dealkylation sites (N-methyl/N-ethyl adjacent to an activating group) is 1. The topological polar surface area (TPSA) is 214 Å². The van der Waals surface area contributed by atoms with E-state index in [4.69, 9.17) is 36.4 Å². The van der Waals surface area contributed by atoms with E-state index in [1.165, 1.54) is 16.7 Å². The highest BCUT2D eigenvalue weighted by atomic mass is 32.8. The maximum atomic E-state index is 11.0. The zero-order chi connectivity index (χ0) is 55.6. The van der Waals surface area contributed by atoms with Crippen molar-refractivity contribution in [3.05, 3.63) is 140 Å². The molecule has 0 aliphatic rings. The van der Waals surface area contributed by atoms with Gasteiger partial charge in [0.1, 0.15) is 17.3 Å². The summed E-state index contributed by atoms with van der Waals surface area (Å²) in [5, 5.41) is 57.3. The molecule has 0 fully saturated rings. The molecule has 4 aromatic carbocycles. The first-order valence-electron chi connectivity index (χ1n) is 23.5. The van der Waals surface area contributed by atoms with E-state index in [-0.39, 0.29) is 71.0 Å². The van der Waals surface area contributed by atoms with Gasteiger partial charge in [0.2, 0.25) is 0 Å². The minimum Gasteiger partial charge on any atom is -0.392 e. The van der Waals surface area contributed by atoms with Gasteiger partial charge in [0.25, 0.3) is 0 Å². The van der Waals surface area contributed by atoms with Gasteiger partial charge in [0, 0.05) is 32.5 Å². The van der Waals surface area contributed by atoms with Gasteiger partial charge in [-0.2, -0.15) is 0 Å². The van der Waals surface area contributed by atoms with Crippen LogP contribution in [0.1, 0.15) is 128 Å². The number of Topliss-reactive ketones (excluding diaryl/α,β-unsaturated/α-hetero) is 3. The molecule has 4 rings (SSSR count). The Kier molecular flexibility index (Phi) is 51.2. The van der Waals surface area contributed by atoms with Crippen LogP contribution in [0.5, 0.6) is 0 Å². The number of hydrogen-bond donors (Lipinski definition) is 8. The molecule has 72 heavy (non-hydrogen) atoms. The molecule has 0 heterocycles. The molecule has 7 unspecified atom stereocenters. The molecule has 0 amide bonds. The Morgan fingerprint density at radius 3 is 1.12 bits per heavy atom. The van der Waals surface area contributed by atoms with Crippen LogP contribution >= 0.6 is 75.5 Å². The quantitative estimate of drug-likeness (QED) is 0.0366. The number of nitrogens with one attached hydrogen (secondary N) is 1. The maximum absolute atomic E-state index is 11.0. The molecule has 0 bridgehead atoms. The highest BCUT2D eigenvalue weighted by Crippen LogP contribution is 2.71. The second-order valence-corrected chi connectivity index (χ2v) is 42.1. The third kappa shape index (κ3) is 43.5. The van der Waals surface area contributed by atoms with Gasteiger partial charge in [-0.05, 0) is 141 Å². The van der Waals surface area contributed by atoms with E-state index in [1.807, 2.05) is 62.3 Å². The average Bonchev–Trinajstić information content (AvgIpc) is 3.36. The lowest BCUT2D eigenvalue weighted by Crippen LogP contribution is -2.24. The number of rotatable bonds is 21. The number of benzene rings is 4. The lowest BCUT2D eigenvalue weighted by atomic mass is 10.0. The summed E-state index contributed by atoms with van der Waals surface area (Å²) in [6.45, 7) is 13.6. The van der Waals surface area contributed by atoms with Crippen molar-refractivity contribution in [2.75, 3.05) is 20.6 Å². The zero-order valence-corrected chi connectivity index (χ0v) is 53.8. The number of nitrogens with two attached hydrogens (primary N) is 1. The van der Waals surface area contributed by atoms with Gasteiger partial charge in [0.15, 0.2) is 0 Å². The molecule has 408 valence electrons. The number of carbonyl (C=O) groups excluding carboxylic acids is 3. The molecule has 0 radical (unpaired) electrons. The molecule has 0 saturated carbocycles. The molecule has 0 aliphatic heterocycles. The van der Waals surface area contributed by atoms with Gasteiger partial charge < -0.3 is 51.3 Å². The number of aliphatic hydroxyl groups is 6. The lowest BCUT2D eigenvalue weighted by Gasteiger charge is -2.16. The largest absolute Gasteiger partial charge is 0.392 e. The predicted molar refractivity (Wildman–Crippen MR) is 333 cm³/mol. The highest BCUT2D eigenvalue weighted by molar-refractivity contribution is 8.77. The van der Waals surface area contributed by atoms with E-state index < -0.39 is 0 Å². The van der Waals surface area contributed by atoms with Crippen molar-refractivity contribution >= 4 is 92.9 Å². The van der Waals surface area contributed by atoms with Crippen LogP contribution in [-0.4, -0.2) is 73.5 Å². The van der Waals surface area contributed by atoms with Gasteiger partial charge in [0.05, 0.1) is 46.2 Å². The molecular weight excluding hydrogens is 1080 g/mol. The number of hydrogen-bond acceptors (Lipinski definition) is 12. The summed E-state index contributed by atoms with van der Waals surface area (Å²) in [6, 6.07) is 23.5. The number of carbonyl (C=O) groups is 3. The van der Waals surface area contributed by atoms with Gasteiger partial charge in [-0.3, -0.25) is 9.69 Å². The number of nitrogens with zero attached hydrogens (tertiary/aromatic N) is 1. The smallest absolute Gasteiger partial charge is 0.143 e. The molecule has 21 heteroatoms. The average molecular weight is 1170 g/mol. The minimum atomic E-state index is -0.0444. The summed E-state index contributed by atoms with van der Waals surface area (Å²) >= 11 is 0. The summed E-state index contributed by atoms with van der Waals surface area (Å²) in [6.07, 6.45) is 5.06. The van der Waals surface area contributed by atoms with Crippen LogP contribution in [0, 0.1) is 0 Å². The van der Waals surface area contributed by atoms with Gasteiger partial charge >= 0.3 is 0 Å². The summed E-state index contributed by atoms with van der Waals surface area (Å²) in [5.41, 5.74) is 17.7. The Hall–Kier alpha value is -0.600. The Morgan fingerprint density at radius 2 is 0.861 bits per heavy atom. The third-order valence-electron chi connectivity index (χ3n) is 9.56. The fourth-order valence-corrected chi connectivity index (χ4v) is 6.26. The van der Waals surface area contributed by atoms with Crippen molar-refractivity contribution in [1.29, 1.82) is 0 Å². The van der Waals surface area contributed by atoms with E-state index in [9.17, 15) is 14.4 Å². The van der Waals surface area contributed by atoms with Gasteiger partial charge in [-0.15, -0.1) is 53.6 Å². The molecule has 7 atom stereocenters. The van der Waals surface area contributed by atoms with E-state index in [1.54, 1.807) is 39.0 Å². The summed E-state index contributed by atoms with van der Waals surface area (Å²) in [7, 11) is 20.9. The number of aryl methyl sites for hydroxylation is 3. The first-order chi connectivity index (χ1) is 34.1. The minimum absolute atomic E-state index is 0.0184. The highest BCUT2D eigenvalue weighted by Gasteiger charge is 2.06. The summed E-state index contributed by atoms with van der Waals surface area (Å²) in [4.78, 5) is 33.5. The van der Waals surface area contributed by atoms with Crippen molar-refractivity contribution in [1.82, 2.24) is 10.2 Å². The van der Waals surface area contributed by atoms with Crippen molar-refractivity contribution in [3.8, 4) is 0 Å². The van der Waals surface area contributed by atoms with Crippen LogP contribution in [0.15, 0.2) is 72.8 Å². The third-order valence-corrected chi connectivity index (χ3v) is 21.5.